The summed E-state index contributed by atoms with van der Waals surface area (Å²) in [7, 11) is 0. The number of nitrogens with one attached hydrogen (secondary N) is 1. The van der Waals surface area contributed by atoms with Crippen molar-refractivity contribution in [1.29, 1.82) is 0 Å². The molecule has 0 bridgehead atoms. The molecule has 2 rings (SSSR count). The van der Waals surface area contributed by atoms with Crippen LogP contribution in [-0.4, -0.2) is 17.3 Å². The fourth-order valence-corrected chi connectivity index (χ4v) is 3.21. The molecule has 0 amide bonds. The van der Waals surface area contributed by atoms with Crippen molar-refractivity contribution in [3.8, 4) is 0 Å². The van der Waals surface area contributed by atoms with E-state index in [2.05, 4.69) is 44.3 Å². The molecule has 2 N–H and O–H groups in total. The van der Waals surface area contributed by atoms with E-state index in [1.165, 1.54) is 23.1 Å². The first kappa shape index (κ1) is 14.5. The molecule has 1 aromatic carbocycles. The van der Waals surface area contributed by atoms with Gasteiger partial charge in [0.15, 0.2) is 0 Å². The Morgan fingerprint density at radius 3 is 2.89 bits per heavy atom. The number of hydrogen-bond donors (Lipinski definition) is 2. The standard InChI is InChI=1S/C17H27NO/c1-13-6-7-15(3)16(9-13)11-18-12-17(19)8-4-5-14(2)10-17/h6-7,9,14,18-19H,4-5,8,10-12H2,1-3H3. The molecule has 0 aromatic heterocycles. The maximum Gasteiger partial charge on any atom is 0.0774 e. The highest BCUT2D eigenvalue weighted by molar-refractivity contribution is 5.30. The van der Waals surface area contributed by atoms with Crippen LogP contribution in [0.1, 0.15) is 49.3 Å². The largest absolute Gasteiger partial charge is 0.389 e. The summed E-state index contributed by atoms with van der Waals surface area (Å²) in [6.45, 7) is 8.08. The molecule has 0 saturated heterocycles. The van der Waals surface area contributed by atoms with E-state index in [1.54, 1.807) is 0 Å². The lowest BCUT2D eigenvalue weighted by Crippen LogP contribution is -2.43. The van der Waals surface area contributed by atoms with Gasteiger partial charge in [-0.1, -0.05) is 43.5 Å². The molecule has 0 radical (unpaired) electrons. The number of hydrogen-bond acceptors (Lipinski definition) is 2. The Labute approximate surface area is 117 Å². The van der Waals surface area contributed by atoms with E-state index < -0.39 is 5.60 Å². The highest BCUT2D eigenvalue weighted by Gasteiger charge is 2.31. The molecule has 2 nitrogen and oxygen atoms in total. The Hall–Kier alpha value is -0.860. The first-order chi connectivity index (χ1) is 8.98. The van der Waals surface area contributed by atoms with Crippen LogP contribution in [0.2, 0.25) is 0 Å². The predicted molar refractivity (Wildman–Crippen MR) is 80.2 cm³/mol. The van der Waals surface area contributed by atoms with Crippen molar-refractivity contribution >= 4 is 0 Å². The van der Waals surface area contributed by atoms with Gasteiger partial charge in [0, 0.05) is 13.1 Å². The summed E-state index contributed by atoms with van der Waals surface area (Å²) in [5.74, 6) is 0.654. The van der Waals surface area contributed by atoms with Gasteiger partial charge >= 0.3 is 0 Å². The SMILES string of the molecule is Cc1ccc(C)c(CNCC2(O)CCCC(C)C2)c1. The molecule has 0 heterocycles. The van der Waals surface area contributed by atoms with Crippen LogP contribution in [-0.2, 0) is 6.54 Å². The molecule has 19 heavy (non-hydrogen) atoms. The van der Waals surface area contributed by atoms with E-state index in [-0.39, 0.29) is 0 Å². The van der Waals surface area contributed by atoms with Gasteiger partial charge in [-0.25, -0.2) is 0 Å². The quantitative estimate of drug-likeness (QED) is 0.871. The van der Waals surface area contributed by atoms with Crippen LogP contribution in [0.4, 0.5) is 0 Å². The molecular formula is C17H27NO. The summed E-state index contributed by atoms with van der Waals surface area (Å²) in [6.07, 6.45) is 4.30. The molecule has 0 aliphatic heterocycles. The van der Waals surface area contributed by atoms with Gasteiger partial charge in [-0.15, -0.1) is 0 Å². The molecular weight excluding hydrogens is 234 g/mol. The van der Waals surface area contributed by atoms with Gasteiger partial charge in [-0.3, -0.25) is 0 Å². The second kappa shape index (κ2) is 6.06. The van der Waals surface area contributed by atoms with Crippen LogP contribution >= 0.6 is 0 Å². The van der Waals surface area contributed by atoms with Gasteiger partial charge in [0.25, 0.3) is 0 Å². The maximum absolute atomic E-state index is 10.6. The average molecular weight is 261 g/mol. The lowest BCUT2D eigenvalue weighted by molar-refractivity contribution is -0.0119. The summed E-state index contributed by atoms with van der Waals surface area (Å²) in [4.78, 5) is 0. The van der Waals surface area contributed by atoms with Crippen LogP contribution in [0, 0.1) is 19.8 Å². The van der Waals surface area contributed by atoms with Crippen molar-refractivity contribution in [2.45, 2.75) is 58.6 Å². The zero-order chi connectivity index (χ0) is 13.9. The van der Waals surface area contributed by atoms with Gasteiger partial charge in [0.05, 0.1) is 5.60 Å². The molecule has 106 valence electrons. The fourth-order valence-electron chi connectivity index (χ4n) is 3.21. The number of aryl methyl sites for hydroxylation is 2. The van der Waals surface area contributed by atoms with Crippen molar-refractivity contribution in [2.75, 3.05) is 6.54 Å². The second-order valence-electron chi connectivity index (χ2n) is 6.46. The van der Waals surface area contributed by atoms with Crippen LogP contribution in [0.5, 0.6) is 0 Å². The fraction of sp³-hybridized carbons (Fsp3) is 0.647. The molecule has 1 aliphatic carbocycles. The number of rotatable bonds is 4. The zero-order valence-corrected chi connectivity index (χ0v) is 12.5. The second-order valence-corrected chi connectivity index (χ2v) is 6.46. The highest BCUT2D eigenvalue weighted by atomic mass is 16.3. The van der Waals surface area contributed by atoms with E-state index in [1.807, 2.05) is 0 Å². The van der Waals surface area contributed by atoms with Crippen LogP contribution in [0.3, 0.4) is 0 Å². The predicted octanol–water partition coefficient (Wildman–Crippen LogP) is 3.33. The van der Waals surface area contributed by atoms with E-state index in [0.29, 0.717) is 12.5 Å². The monoisotopic (exact) mass is 261 g/mol. The van der Waals surface area contributed by atoms with Crippen LogP contribution in [0.15, 0.2) is 18.2 Å². The lowest BCUT2D eigenvalue weighted by atomic mass is 9.79. The van der Waals surface area contributed by atoms with Gasteiger partial charge in [0.2, 0.25) is 0 Å². The molecule has 2 unspecified atom stereocenters. The van der Waals surface area contributed by atoms with E-state index in [0.717, 1.165) is 25.8 Å². The number of aliphatic hydroxyl groups is 1. The third-order valence-electron chi connectivity index (χ3n) is 4.34. The Morgan fingerprint density at radius 2 is 2.16 bits per heavy atom. The third-order valence-corrected chi connectivity index (χ3v) is 4.34. The Bertz CT molecular complexity index is 429. The summed E-state index contributed by atoms with van der Waals surface area (Å²) in [5.41, 5.74) is 3.47. The van der Waals surface area contributed by atoms with Gasteiger partial charge in [0.1, 0.15) is 0 Å². The van der Waals surface area contributed by atoms with Gasteiger partial charge < -0.3 is 10.4 Å². The lowest BCUT2D eigenvalue weighted by Gasteiger charge is -2.35. The van der Waals surface area contributed by atoms with E-state index >= 15 is 0 Å². The molecule has 1 saturated carbocycles. The van der Waals surface area contributed by atoms with E-state index in [9.17, 15) is 5.11 Å². The van der Waals surface area contributed by atoms with Gasteiger partial charge in [-0.2, -0.15) is 0 Å². The van der Waals surface area contributed by atoms with Gasteiger partial charge in [-0.05, 0) is 43.7 Å². The normalized spacial score (nSPS) is 27.5. The molecule has 1 fully saturated rings. The minimum absolute atomic E-state index is 0.491. The summed E-state index contributed by atoms with van der Waals surface area (Å²) < 4.78 is 0. The third kappa shape index (κ3) is 4.05. The molecule has 1 aromatic rings. The minimum Gasteiger partial charge on any atom is -0.389 e. The van der Waals surface area contributed by atoms with Crippen molar-refractivity contribution < 1.29 is 5.11 Å². The Morgan fingerprint density at radius 1 is 1.37 bits per heavy atom. The first-order valence-electron chi connectivity index (χ1n) is 7.48. The highest BCUT2D eigenvalue weighted by Crippen LogP contribution is 2.31. The van der Waals surface area contributed by atoms with Crippen molar-refractivity contribution in [3.05, 3.63) is 34.9 Å². The summed E-state index contributed by atoms with van der Waals surface area (Å²) >= 11 is 0. The topological polar surface area (TPSA) is 32.3 Å². The summed E-state index contributed by atoms with van der Waals surface area (Å²) in [6, 6.07) is 6.55. The van der Waals surface area contributed by atoms with Crippen molar-refractivity contribution in [1.82, 2.24) is 5.32 Å². The molecule has 2 atom stereocenters. The van der Waals surface area contributed by atoms with Crippen LogP contribution < -0.4 is 5.32 Å². The zero-order valence-electron chi connectivity index (χ0n) is 12.5. The van der Waals surface area contributed by atoms with Crippen LogP contribution in [0.25, 0.3) is 0 Å². The summed E-state index contributed by atoms with van der Waals surface area (Å²) in [5, 5.41) is 14.0. The average Bonchev–Trinajstić information content (AvgIpc) is 2.33. The number of benzene rings is 1. The molecule has 0 spiro atoms. The minimum atomic E-state index is -0.491. The maximum atomic E-state index is 10.6. The first-order valence-corrected chi connectivity index (χ1v) is 7.48. The molecule has 2 heteroatoms. The Kier molecular flexibility index (Phi) is 4.64. The van der Waals surface area contributed by atoms with Crippen molar-refractivity contribution in [3.63, 3.8) is 0 Å². The smallest absolute Gasteiger partial charge is 0.0774 e. The van der Waals surface area contributed by atoms with E-state index in [4.69, 9.17) is 0 Å². The Balaban J connectivity index is 1.87. The van der Waals surface area contributed by atoms with Crippen molar-refractivity contribution in [2.24, 2.45) is 5.92 Å². The molecule has 1 aliphatic rings.